The zero-order valence-corrected chi connectivity index (χ0v) is 14.7. The van der Waals surface area contributed by atoms with Crippen LogP contribution in [0.4, 0.5) is 5.69 Å². The molecule has 0 spiro atoms. The van der Waals surface area contributed by atoms with Gasteiger partial charge in [0.2, 0.25) is 10.0 Å². The highest BCUT2D eigenvalue weighted by atomic mass is 32.2. The summed E-state index contributed by atoms with van der Waals surface area (Å²) < 4.78 is 26.6. The molecule has 0 saturated carbocycles. The van der Waals surface area contributed by atoms with E-state index in [1.807, 2.05) is 6.07 Å². The van der Waals surface area contributed by atoms with Crippen LogP contribution in [0.3, 0.4) is 0 Å². The molecule has 7 nitrogen and oxygen atoms in total. The maximum absolute atomic E-state index is 12.6. The molecule has 0 bridgehead atoms. The first kappa shape index (κ1) is 17.9. The fraction of sp³-hybridized carbons (Fsp3) is 0.222. The molecule has 1 aliphatic rings. The van der Waals surface area contributed by atoms with Crippen LogP contribution < -0.4 is 5.32 Å². The van der Waals surface area contributed by atoms with Gasteiger partial charge < -0.3 is 10.4 Å². The summed E-state index contributed by atoms with van der Waals surface area (Å²) in [5, 5.41) is 21.3. The molecule has 134 valence electrons. The number of amides is 1. The standard InChI is InChI=1S/C18H17N3O4S/c19-12-13-3-5-14(6-4-13)18(23)20-16-11-15(7-8-17(16)22)26(24,25)21-9-1-2-10-21/h3-8,11,22H,1-2,9-10H2,(H,20,23). The number of carbonyl (C=O) groups is 1. The lowest BCUT2D eigenvalue weighted by molar-refractivity contribution is 0.102. The van der Waals surface area contributed by atoms with Crippen molar-refractivity contribution in [1.82, 2.24) is 4.31 Å². The zero-order valence-electron chi connectivity index (χ0n) is 13.8. The van der Waals surface area contributed by atoms with E-state index in [-0.39, 0.29) is 21.9 Å². The van der Waals surface area contributed by atoms with E-state index in [0.29, 0.717) is 18.7 Å². The molecule has 0 aromatic heterocycles. The predicted molar refractivity (Wildman–Crippen MR) is 95.2 cm³/mol. The van der Waals surface area contributed by atoms with E-state index in [2.05, 4.69) is 5.32 Å². The summed E-state index contributed by atoms with van der Waals surface area (Å²) in [4.78, 5) is 12.3. The second-order valence-corrected chi connectivity index (χ2v) is 7.87. The molecular formula is C18H17N3O4S. The van der Waals surface area contributed by atoms with E-state index < -0.39 is 15.9 Å². The minimum absolute atomic E-state index is 0.0135. The maximum Gasteiger partial charge on any atom is 0.255 e. The number of hydrogen-bond acceptors (Lipinski definition) is 5. The molecule has 0 radical (unpaired) electrons. The molecule has 2 N–H and O–H groups in total. The van der Waals surface area contributed by atoms with Crippen molar-refractivity contribution in [3.63, 3.8) is 0 Å². The van der Waals surface area contributed by atoms with Crippen molar-refractivity contribution in [3.05, 3.63) is 53.6 Å². The summed E-state index contributed by atoms with van der Waals surface area (Å²) in [6, 6.07) is 11.8. The number of carbonyl (C=O) groups excluding carboxylic acids is 1. The van der Waals surface area contributed by atoms with Crippen LogP contribution in [-0.2, 0) is 10.0 Å². The molecule has 0 atom stereocenters. The largest absolute Gasteiger partial charge is 0.506 e. The second kappa shape index (κ2) is 7.15. The van der Waals surface area contributed by atoms with Crippen molar-refractivity contribution in [3.8, 4) is 11.8 Å². The Hall–Kier alpha value is -2.89. The van der Waals surface area contributed by atoms with Gasteiger partial charge in [0.15, 0.2) is 0 Å². The van der Waals surface area contributed by atoms with Gasteiger partial charge in [-0.2, -0.15) is 9.57 Å². The van der Waals surface area contributed by atoms with Crippen LogP contribution in [0.2, 0.25) is 0 Å². The minimum atomic E-state index is -3.65. The van der Waals surface area contributed by atoms with Gasteiger partial charge in [0.05, 0.1) is 22.2 Å². The second-order valence-electron chi connectivity index (χ2n) is 5.93. The van der Waals surface area contributed by atoms with Crippen LogP contribution in [-0.4, -0.2) is 36.8 Å². The Morgan fingerprint density at radius 3 is 2.38 bits per heavy atom. The highest BCUT2D eigenvalue weighted by Crippen LogP contribution is 2.29. The topological polar surface area (TPSA) is 110 Å². The van der Waals surface area contributed by atoms with Gasteiger partial charge in [0.1, 0.15) is 5.75 Å². The number of nitrogens with one attached hydrogen (secondary N) is 1. The molecule has 1 amide bonds. The van der Waals surface area contributed by atoms with Crippen LogP contribution in [0.25, 0.3) is 0 Å². The highest BCUT2D eigenvalue weighted by Gasteiger charge is 2.28. The van der Waals surface area contributed by atoms with Crippen molar-refractivity contribution in [2.24, 2.45) is 0 Å². The monoisotopic (exact) mass is 371 g/mol. The molecule has 3 rings (SSSR count). The lowest BCUT2D eigenvalue weighted by Gasteiger charge is -2.16. The van der Waals surface area contributed by atoms with Gasteiger partial charge in [-0.1, -0.05) is 0 Å². The van der Waals surface area contributed by atoms with E-state index in [1.54, 1.807) is 0 Å². The molecule has 26 heavy (non-hydrogen) atoms. The number of nitriles is 1. The Morgan fingerprint density at radius 1 is 1.12 bits per heavy atom. The van der Waals surface area contributed by atoms with Crippen molar-refractivity contribution < 1.29 is 18.3 Å². The molecule has 8 heteroatoms. The summed E-state index contributed by atoms with van der Waals surface area (Å²) in [5.41, 5.74) is 0.721. The van der Waals surface area contributed by atoms with Crippen LogP contribution in [0.1, 0.15) is 28.8 Å². The van der Waals surface area contributed by atoms with E-state index in [9.17, 15) is 18.3 Å². The van der Waals surface area contributed by atoms with E-state index in [1.165, 1.54) is 46.8 Å². The molecule has 1 heterocycles. The number of anilines is 1. The Balaban J connectivity index is 1.85. The normalized spacial score (nSPS) is 14.7. The number of hydrogen-bond donors (Lipinski definition) is 2. The molecule has 2 aromatic carbocycles. The Morgan fingerprint density at radius 2 is 1.77 bits per heavy atom. The predicted octanol–water partition coefficient (Wildman–Crippen LogP) is 2.30. The van der Waals surface area contributed by atoms with Crippen molar-refractivity contribution in [1.29, 1.82) is 5.26 Å². The first-order chi connectivity index (χ1) is 12.4. The number of rotatable bonds is 4. The lowest BCUT2D eigenvalue weighted by atomic mass is 10.1. The van der Waals surface area contributed by atoms with E-state index in [4.69, 9.17) is 5.26 Å². The number of phenols is 1. The zero-order chi connectivity index (χ0) is 18.7. The summed E-state index contributed by atoms with van der Waals surface area (Å²) in [5.74, 6) is -0.743. The van der Waals surface area contributed by atoms with Gasteiger partial charge in [-0.15, -0.1) is 0 Å². The first-order valence-corrected chi connectivity index (χ1v) is 9.50. The molecule has 0 aliphatic carbocycles. The third-order valence-corrected chi connectivity index (χ3v) is 6.09. The van der Waals surface area contributed by atoms with Gasteiger partial charge in [-0.05, 0) is 55.3 Å². The van der Waals surface area contributed by atoms with Gasteiger partial charge in [0, 0.05) is 18.7 Å². The fourth-order valence-corrected chi connectivity index (χ4v) is 4.29. The van der Waals surface area contributed by atoms with Gasteiger partial charge in [0.25, 0.3) is 5.91 Å². The van der Waals surface area contributed by atoms with Gasteiger partial charge in [-0.25, -0.2) is 8.42 Å². The number of sulfonamides is 1. The Bertz CT molecular complexity index is 972. The summed E-state index contributed by atoms with van der Waals surface area (Å²) in [7, 11) is -3.65. The molecule has 1 aliphatic heterocycles. The van der Waals surface area contributed by atoms with Crippen LogP contribution in [0.15, 0.2) is 47.4 Å². The van der Waals surface area contributed by atoms with Crippen LogP contribution >= 0.6 is 0 Å². The van der Waals surface area contributed by atoms with Crippen LogP contribution in [0.5, 0.6) is 5.75 Å². The Kier molecular flexibility index (Phi) is 4.93. The minimum Gasteiger partial charge on any atom is -0.506 e. The van der Waals surface area contributed by atoms with E-state index in [0.717, 1.165) is 12.8 Å². The van der Waals surface area contributed by atoms with Crippen molar-refractivity contribution in [2.75, 3.05) is 18.4 Å². The average Bonchev–Trinajstić information content (AvgIpc) is 3.19. The summed E-state index contributed by atoms with van der Waals surface area (Å²) in [6.07, 6.45) is 1.64. The SMILES string of the molecule is N#Cc1ccc(C(=O)Nc2cc(S(=O)(=O)N3CCCC3)ccc2O)cc1. The summed E-state index contributed by atoms with van der Waals surface area (Å²) in [6.45, 7) is 0.937. The number of nitrogens with zero attached hydrogens (tertiary/aromatic N) is 2. The first-order valence-electron chi connectivity index (χ1n) is 8.06. The van der Waals surface area contributed by atoms with Gasteiger partial charge >= 0.3 is 0 Å². The van der Waals surface area contributed by atoms with Crippen molar-refractivity contribution >= 4 is 21.6 Å². The quantitative estimate of drug-likeness (QED) is 0.801. The molecule has 1 fully saturated rings. The maximum atomic E-state index is 12.6. The lowest BCUT2D eigenvalue weighted by Crippen LogP contribution is -2.28. The van der Waals surface area contributed by atoms with E-state index >= 15 is 0 Å². The fourth-order valence-electron chi connectivity index (χ4n) is 2.74. The smallest absolute Gasteiger partial charge is 0.255 e. The molecule has 0 unspecified atom stereocenters. The number of benzene rings is 2. The van der Waals surface area contributed by atoms with Crippen LogP contribution in [0, 0.1) is 11.3 Å². The third-order valence-electron chi connectivity index (χ3n) is 4.20. The molecule has 2 aromatic rings. The summed E-state index contributed by atoms with van der Waals surface area (Å²) >= 11 is 0. The third kappa shape index (κ3) is 3.54. The Labute approximate surface area is 151 Å². The highest BCUT2D eigenvalue weighted by molar-refractivity contribution is 7.89. The molecule has 1 saturated heterocycles. The molecular weight excluding hydrogens is 354 g/mol. The average molecular weight is 371 g/mol. The van der Waals surface area contributed by atoms with Crippen molar-refractivity contribution in [2.45, 2.75) is 17.7 Å². The number of aromatic hydroxyl groups is 1. The number of phenolic OH excluding ortho intramolecular Hbond substituents is 1. The van der Waals surface area contributed by atoms with Gasteiger partial charge in [-0.3, -0.25) is 4.79 Å².